The quantitative estimate of drug-likeness (QED) is 0.940. The van der Waals surface area contributed by atoms with Crippen molar-refractivity contribution in [2.24, 2.45) is 13.0 Å². The Labute approximate surface area is 131 Å². The lowest BCUT2D eigenvalue weighted by atomic mass is 9.85. The lowest BCUT2D eigenvalue weighted by molar-refractivity contribution is -0.120. The van der Waals surface area contributed by atoms with Crippen LogP contribution in [0.5, 0.6) is 0 Å². The molecule has 3 rings (SSSR count). The van der Waals surface area contributed by atoms with Crippen LogP contribution in [0.1, 0.15) is 35.5 Å². The van der Waals surface area contributed by atoms with Crippen molar-refractivity contribution in [1.82, 2.24) is 19.7 Å². The predicted octanol–water partition coefficient (Wildman–Crippen LogP) is 2.20. The fourth-order valence-electron chi connectivity index (χ4n) is 2.91. The van der Waals surface area contributed by atoms with Gasteiger partial charge in [-0.15, -0.1) is 0 Å². The second-order valence-corrected chi connectivity index (χ2v) is 5.72. The number of aryl methyl sites for hydroxylation is 3. The maximum Gasteiger partial charge on any atom is 0.284 e. The van der Waals surface area contributed by atoms with Crippen LogP contribution in [-0.4, -0.2) is 25.7 Å². The highest BCUT2D eigenvalue weighted by Gasteiger charge is 2.28. The summed E-state index contributed by atoms with van der Waals surface area (Å²) < 4.78 is 27.1. The summed E-state index contributed by atoms with van der Waals surface area (Å²) in [5.74, 6) is -0.549. The van der Waals surface area contributed by atoms with Crippen LogP contribution in [0.3, 0.4) is 0 Å². The Morgan fingerprint density at radius 2 is 2.22 bits per heavy atom. The minimum absolute atomic E-state index is 0.0688. The van der Waals surface area contributed by atoms with Gasteiger partial charge >= 0.3 is 0 Å². The Hall–Kier alpha value is -2.38. The molecule has 2 aromatic rings. The average molecular weight is 321 g/mol. The third-order valence-electron chi connectivity index (χ3n) is 4.12. The highest BCUT2D eigenvalue weighted by atomic mass is 19.3. The van der Waals surface area contributed by atoms with E-state index < -0.39 is 12.1 Å². The van der Waals surface area contributed by atoms with Gasteiger partial charge in [-0.1, -0.05) is 0 Å². The van der Waals surface area contributed by atoms with Gasteiger partial charge in [-0.2, -0.15) is 5.10 Å². The lowest BCUT2D eigenvalue weighted by Gasteiger charge is -2.23. The smallest absolute Gasteiger partial charge is 0.284 e. The summed E-state index contributed by atoms with van der Waals surface area (Å²) in [6.07, 6.45) is 2.04. The van der Waals surface area contributed by atoms with Gasteiger partial charge in [-0.05, 0) is 31.7 Å². The van der Waals surface area contributed by atoms with Gasteiger partial charge in [-0.25, -0.2) is 18.7 Å². The number of fused-ring (bicyclic) bond motifs is 1. The maximum absolute atomic E-state index is 12.9. The van der Waals surface area contributed by atoms with Crippen LogP contribution < -0.4 is 5.32 Å². The van der Waals surface area contributed by atoms with E-state index in [0.717, 1.165) is 17.0 Å². The molecule has 1 amide bonds. The van der Waals surface area contributed by atoms with Gasteiger partial charge in [0.05, 0.1) is 5.69 Å². The lowest BCUT2D eigenvalue weighted by Crippen LogP contribution is -2.29. The molecule has 1 aliphatic rings. The number of nitrogens with one attached hydrogen (secondary N) is 1. The van der Waals surface area contributed by atoms with Crippen LogP contribution in [-0.2, 0) is 24.7 Å². The molecule has 122 valence electrons. The molecule has 2 heterocycles. The van der Waals surface area contributed by atoms with Crippen molar-refractivity contribution in [2.45, 2.75) is 32.6 Å². The number of aromatic nitrogens is 4. The van der Waals surface area contributed by atoms with E-state index in [4.69, 9.17) is 0 Å². The molecule has 8 heteroatoms. The van der Waals surface area contributed by atoms with Crippen LogP contribution in [0.25, 0.3) is 0 Å². The van der Waals surface area contributed by atoms with Crippen LogP contribution >= 0.6 is 0 Å². The number of carbonyl (C=O) groups excluding carboxylic acids is 1. The van der Waals surface area contributed by atoms with E-state index in [1.54, 1.807) is 7.05 Å². The Balaban J connectivity index is 1.76. The Morgan fingerprint density at radius 3 is 2.96 bits per heavy atom. The summed E-state index contributed by atoms with van der Waals surface area (Å²) in [6, 6.07) is 0. The average Bonchev–Trinajstić information content (AvgIpc) is 2.88. The first kappa shape index (κ1) is 15.5. The van der Waals surface area contributed by atoms with Crippen molar-refractivity contribution < 1.29 is 13.6 Å². The zero-order valence-electron chi connectivity index (χ0n) is 12.9. The Bertz CT molecular complexity index is 743. The molecule has 0 saturated carbocycles. The van der Waals surface area contributed by atoms with Gasteiger partial charge in [0.15, 0.2) is 5.69 Å². The zero-order valence-corrected chi connectivity index (χ0v) is 12.9. The number of amides is 1. The summed E-state index contributed by atoms with van der Waals surface area (Å²) in [4.78, 5) is 20.8. The summed E-state index contributed by atoms with van der Waals surface area (Å²) >= 11 is 0. The molecule has 0 radical (unpaired) electrons. The van der Waals surface area contributed by atoms with Crippen molar-refractivity contribution in [3.8, 4) is 0 Å². The fourth-order valence-corrected chi connectivity index (χ4v) is 2.91. The van der Waals surface area contributed by atoms with Crippen LogP contribution in [0.15, 0.2) is 12.5 Å². The standard InChI is InChI=1S/C15H17F2N5O/c1-8-10-5-9(3-4-11(10)19-7-18-8)15(23)20-12-6-22(2)21-13(12)14(16)17/h6-7,9,14H,3-5H2,1-2H3,(H,20,23). The molecule has 0 fully saturated rings. The molecule has 0 bridgehead atoms. The molecular weight excluding hydrogens is 304 g/mol. The second-order valence-electron chi connectivity index (χ2n) is 5.72. The van der Waals surface area contributed by atoms with Crippen molar-refractivity contribution in [3.63, 3.8) is 0 Å². The van der Waals surface area contributed by atoms with Gasteiger partial charge in [0.1, 0.15) is 6.33 Å². The first-order chi connectivity index (χ1) is 11.0. The number of hydrogen-bond acceptors (Lipinski definition) is 4. The van der Waals surface area contributed by atoms with E-state index >= 15 is 0 Å². The van der Waals surface area contributed by atoms with Gasteiger partial charge in [-0.3, -0.25) is 9.48 Å². The fraction of sp³-hybridized carbons (Fsp3) is 0.467. The molecule has 1 N–H and O–H groups in total. The molecule has 23 heavy (non-hydrogen) atoms. The number of nitrogens with zero attached hydrogens (tertiary/aromatic N) is 4. The summed E-state index contributed by atoms with van der Waals surface area (Å²) in [6.45, 7) is 1.89. The predicted molar refractivity (Wildman–Crippen MR) is 79.1 cm³/mol. The van der Waals surface area contributed by atoms with Crippen LogP contribution in [0.4, 0.5) is 14.5 Å². The first-order valence-corrected chi connectivity index (χ1v) is 7.37. The maximum atomic E-state index is 12.9. The summed E-state index contributed by atoms with van der Waals surface area (Å²) in [5.41, 5.74) is 2.48. The number of alkyl halides is 2. The van der Waals surface area contributed by atoms with Gasteiger partial charge in [0, 0.05) is 30.6 Å². The summed E-state index contributed by atoms with van der Waals surface area (Å²) in [5, 5.41) is 6.28. The molecule has 0 saturated heterocycles. The largest absolute Gasteiger partial charge is 0.323 e. The highest BCUT2D eigenvalue weighted by Crippen LogP contribution is 2.29. The topological polar surface area (TPSA) is 72.7 Å². The van der Waals surface area contributed by atoms with Gasteiger partial charge in [0.25, 0.3) is 6.43 Å². The molecule has 0 spiro atoms. The van der Waals surface area contributed by atoms with Gasteiger partial charge < -0.3 is 5.32 Å². The van der Waals surface area contributed by atoms with Crippen molar-refractivity contribution in [3.05, 3.63) is 35.2 Å². The van der Waals surface area contributed by atoms with Crippen molar-refractivity contribution in [2.75, 3.05) is 5.32 Å². The minimum Gasteiger partial charge on any atom is -0.323 e. The molecule has 1 aliphatic carbocycles. The van der Waals surface area contributed by atoms with E-state index in [1.807, 2.05) is 6.92 Å². The SMILES string of the molecule is Cc1ncnc2c1CC(C(=O)Nc1cn(C)nc1C(F)F)CC2. The highest BCUT2D eigenvalue weighted by molar-refractivity contribution is 5.93. The number of anilines is 1. The molecule has 0 aliphatic heterocycles. The second kappa shape index (κ2) is 6.02. The third kappa shape index (κ3) is 3.06. The van der Waals surface area contributed by atoms with Gasteiger partial charge in [0.2, 0.25) is 5.91 Å². The molecule has 0 aromatic carbocycles. The molecule has 1 atom stereocenters. The van der Waals surface area contributed by atoms with Crippen LogP contribution in [0, 0.1) is 12.8 Å². The normalized spacial score (nSPS) is 17.2. The molecule has 1 unspecified atom stereocenters. The molecule has 2 aromatic heterocycles. The number of halogens is 2. The Morgan fingerprint density at radius 1 is 1.43 bits per heavy atom. The van der Waals surface area contributed by atoms with E-state index in [2.05, 4.69) is 20.4 Å². The summed E-state index contributed by atoms with van der Waals surface area (Å²) in [7, 11) is 1.54. The third-order valence-corrected chi connectivity index (χ3v) is 4.12. The first-order valence-electron chi connectivity index (χ1n) is 7.37. The van der Waals surface area contributed by atoms with E-state index in [1.165, 1.54) is 17.2 Å². The number of rotatable bonds is 3. The molecular formula is C15H17F2N5O. The van der Waals surface area contributed by atoms with Crippen molar-refractivity contribution >= 4 is 11.6 Å². The Kier molecular flexibility index (Phi) is 4.06. The van der Waals surface area contributed by atoms with E-state index in [9.17, 15) is 13.6 Å². The monoisotopic (exact) mass is 321 g/mol. The number of hydrogen-bond donors (Lipinski definition) is 1. The van der Waals surface area contributed by atoms with E-state index in [-0.39, 0.29) is 17.5 Å². The minimum atomic E-state index is -2.73. The molecule has 6 nitrogen and oxygen atoms in total. The number of carbonyl (C=O) groups is 1. The van der Waals surface area contributed by atoms with Crippen LogP contribution in [0.2, 0.25) is 0 Å². The van der Waals surface area contributed by atoms with Crippen molar-refractivity contribution in [1.29, 1.82) is 0 Å². The zero-order chi connectivity index (χ0) is 16.6. The van der Waals surface area contributed by atoms with E-state index in [0.29, 0.717) is 19.3 Å².